The summed E-state index contributed by atoms with van der Waals surface area (Å²) in [6.45, 7) is 4.28. The van der Waals surface area contributed by atoms with E-state index in [1.807, 2.05) is 30.3 Å². The number of nitrogens with one attached hydrogen (secondary N) is 2. The molecule has 1 aliphatic rings. The second-order valence-corrected chi connectivity index (χ2v) is 6.82. The van der Waals surface area contributed by atoms with Gasteiger partial charge in [-0.1, -0.05) is 30.3 Å². The van der Waals surface area contributed by atoms with E-state index in [0.29, 0.717) is 11.5 Å². The van der Waals surface area contributed by atoms with E-state index in [0.717, 1.165) is 44.0 Å². The van der Waals surface area contributed by atoms with E-state index < -0.39 is 0 Å². The molecule has 0 unspecified atom stereocenters. The first kappa shape index (κ1) is 18.3. The fourth-order valence-corrected chi connectivity index (χ4v) is 3.40. The van der Waals surface area contributed by atoms with Crippen molar-refractivity contribution in [2.24, 2.45) is 0 Å². The third kappa shape index (κ3) is 4.44. The summed E-state index contributed by atoms with van der Waals surface area (Å²) in [5, 5.41) is 10.8. The molecule has 0 radical (unpaired) electrons. The first-order chi connectivity index (χ1) is 13.8. The van der Waals surface area contributed by atoms with Crippen LogP contribution < -0.4 is 10.2 Å². The average Bonchev–Trinajstić information content (AvgIpc) is 3.30. The summed E-state index contributed by atoms with van der Waals surface area (Å²) in [7, 11) is 0. The summed E-state index contributed by atoms with van der Waals surface area (Å²) >= 11 is 0. The number of ether oxygens (including phenoxy) is 1. The van der Waals surface area contributed by atoms with Crippen molar-refractivity contribution in [2.75, 3.05) is 32.8 Å². The van der Waals surface area contributed by atoms with Crippen LogP contribution in [0.1, 0.15) is 22.0 Å². The molecule has 1 aromatic heterocycles. The van der Waals surface area contributed by atoms with Crippen LogP contribution in [0, 0.1) is 0 Å². The smallest absolute Gasteiger partial charge is 0.251 e. The summed E-state index contributed by atoms with van der Waals surface area (Å²) in [5.74, 6) is 0.337. The largest absolute Gasteiger partial charge is 0.423 e. The molecular weight excluding hydrogens is 356 g/mol. The van der Waals surface area contributed by atoms with E-state index >= 15 is 0 Å². The first-order valence-electron chi connectivity index (χ1n) is 9.43. The molecule has 28 heavy (non-hydrogen) atoms. The van der Waals surface area contributed by atoms with Gasteiger partial charge in [0.2, 0.25) is 12.3 Å². The van der Waals surface area contributed by atoms with Crippen LogP contribution in [-0.4, -0.2) is 49.0 Å². The number of hydrogen-bond acceptors (Lipinski definition) is 5. The molecule has 7 heteroatoms. The standard InChI is InChI=1S/C21H22N4O3/c26-20(17-6-8-18(9-7-17)21-24-22-15-28-21)23-19(16-4-2-1-3-5-16)14-25-10-12-27-13-11-25/h1-9,15,19H,10-14H2,(H,23,26)/p+1/t19-/m1/s1. The highest BCUT2D eigenvalue weighted by molar-refractivity contribution is 5.94. The molecule has 2 aromatic carbocycles. The fraction of sp³-hybridized carbons (Fsp3) is 0.286. The normalized spacial score (nSPS) is 15.9. The first-order valence-corrected chi connectivity index (χ1v) is 9.43. The number of hydrogen-bond donors (Lipinski definition) is 2. The number of rotatable bonds is 6. The molecule has 0 spiro atoms. The van der Waals surface area contributed by atoms with Crippen molar-refractivity contribution in [1.29, 1.82) is 0 Å². The minimum Gasteiger partial charge on any atom is -0.423 e. The number of carbonyl (C=O) groups is 1. The van der Waals surface area contributed by atoms with Gasteiger partial charge < -0.3 is 19.4 Å². The third-order valence-corrected chi connectivity index (χ3v) is 4.95. The zero-order valence-corrected chi connectivity index (χ0v) is 15.5. The lowest BCUT2D eigenvalue weighted by molar-refractivity contribution is -0.909. The molecule has 7 nitrogen and oxygen atoms in total. The molecular formula is C21H23N4O3+. The summed E-state index contributed by atoms with van der Waals surface area (Å²) in [5.41, 5.74) is 2.49. The number of nitrogens with zero attached hydrogens (tertiary/aromatic N) is 2. The second kappa shape index (κ2) is 8.77. The van der Waals surface area contributed by atoms with Crippen molar-refractivity contribution in [3.63, 3.8) is 0 Å². The van der Waals surface area contributed by atoms with E-state index in [2.05, 4.69) is 27.6 Å². The maximum Gasteiger partial charge on any atom is 0.251 e. The molecule has 4 rings (SSSR count). The van der Waals surface area contributed by atoms with E-state index in [-0.39, 0.29) is 11.9 Å². The van der Waals surface area contributed by atoms with Crippen LogP contribution in [0.3, 0.4) is 0 Å². The summed E-state index contributed by atoms with van der Waals surface area (Å²) < 4.78 is 10.6. The number of carbonyl (C=O) groups excluding carboxylic acids is 1. The molecule has 1 aliphatic heterocycles. The van der Waals surface area contributed by atoms with Crippen molar-refractivity contribution in [2.45, 2.75) is 6.04 Å². The Kier molecular flexibility index (Phi) is 5.75. The maximum absolute atomic E-state index is 12.9. The van der Waals surface area contributed by atoms with Crippen molar-refractivity contribution in [3.05, 3.63) is 72.1 Å². The Hall–Kier alpha value is -3.03. The zero-order chi connectivity index (χ0) is 19.2. The lowest BCUT2D eigenvalue weighted by Gasteiger charge is -2.28. The minimum atomic E-state index is -0.0985. The lowest BCUT2D eigenvalue weighted by atomic mass is 10.0. The van der Waals surface area contributed by atoms with Crippen LogP contribution >= 0.6 is 0 Å². The van der Waals surface area contributed by atoms with Gasteiger partial charge in [-0.05, 0) is 29.8 Å². The molecule has 1 amide bonds. The van der Waals surface area contributed by atoms with Crippen LogP contribution in [0.5, 0.6) is 0 Å². The number of aromatic nitrogens is 2. The van der Waals surface area contributed by atoms with Crippen LogP contribution in [0.15, 0.2) is 65.4 Å². The van der Waals surface area contributed by atoms with Crippen molar-refractivity contribution in [3.8, 4) is 11.5 Å². The van der Waals surface area contributed by atoms with Crippen LogP contribution in [0.2, 0.25) is 0 Å². The maximum atomic E-state index is 12.9. The Morgan fingerprint density at radius 2 is 1.82 bits per heavy atom. The summed E-state index contributed by atoms with van der Waals surface area (Å²) in [6.07, 6.45) is 1.29. The van der Waals surface area contributed by atoms with Gasteiger partial charge in [0, 0.05) is 11.1 Å². The average molecular weight is 379 g/mol. The van der Waals surface area contributed by atoms with Crippen molar-refractivity contribution in [1.82, 2.24) is 15.5 Å². The number of benzene rings is 2. The molecule has 2 heterocycles. The molecule has 0 saturated carbocycles. The van der Waals surface area contributed by atoms with Crippen LogP contribution in [0.25, 0.3) is 11.5 Å². The number of amides is 1. The predicted molar refractivity (Wildman–Crippen MR) is 103 cm³/mol. The van der Waals surface area contributed by atoms with Gasteiger partial charge in [0.15, 0.2) is 0 Å². The van der Waals surface area contributed by atoms with Gasteiger partial charge in [-0.15, -0.1) is 10.2 Å². The third-order valence-electron chi connectivity index (χ3n) is 4.95. The Bertz CT molecular complexity index is 876. The minimum absolute atomic E-state index is 0.0579. The molecule has 0 aliphatic carbocycles. The van der Waals surface area contributed by atoms with E-state index in [4.69, 9.17) is 9.15 Å². The number of morpholine rings is 1. The van der Waals surface area contributed by atoms with Gasteiger partial charge in [-0.3, -0.25) is 4.79 Å². The second-order valence-electron chi connectivity index (χ2n) is 6.82. The molecule has 1 saturated heterocycles. The predicted octanol–water partition coefficient (Wildman–Crippen LogP) is 1.12. The monoisotopic (exact) mass is 379 g/mol. The zero-order valence-electron chi connectivity index (χ0n) is 15.5. The summed E-state index contributed by atoms with van der Waals surface area (Å²) in [6, 6.07) is 17.2. The molecule has 1 fully saturated rings. The highest BCUT2D eigenvalue weighted by Gasteiger charge is 2.23. The van der Waals surface area contributed by atoms with Gasteiger partial charge >= 0.3 is 0 Å². The SMILES string of the molecule is O=C(N[C@H](C[NH+]1CCOCC1)c1ccccc1)c1ccc(-c2nnco2)cc1. The van der Waals surface area contributed by atoms with Crippen LogP contribution in [-0.2, 0) is 4.74 Å². The van der Waals surface area contributed by atoms with Crippen molar-refractivity contribution < 1.29 is 18.8 Å². The Morgan fingerprint density at radius 3 is 2.50 bits per heavy atom. The number of quaternary nitrogens is 1. The van der Waals surface area contributed by atoms with E-state index in [9.17, 15) is 4.79 Å². The fourth-order valence-electron chi connectivity index (χ4n) is 3.40. The van der Waals surface area contributed by atoms with Crippen LogP contribution in [0.4, 0.5) is 0 Å². The quantitative estimate of drug-likeness (QED) is 0.671. The van der Waals surface area contributed by atoms with Gasteiger partial charge in [-0.2, -0.15) is 0 Å². The molecule has 1 atom stereocenters. The van der Waals surface area contributed by atoms with Gasteiger partial charge in [0.1, 0.15) is 25.7 Å². The highest BCUT2D eigenvalue weighted by atomic mass is 16.5. The van der Waals surface area contributed by atoms with Gasteiger partial charge in [-0.25, -0.2) is 0 Å². The summed E-state index contributed by atoms with van der Waals surface area (Å²) in [4.78, 5) is 14.3. The molecule has 3 aromatic rings. The Labute approximate surface area is 163 Å². The Morgan fingerprint density at radius 1 is 1.07 bits per heavy atom. The van der Waals surface area contributed by atoms with Crippen molar-refractivity contribution >= 4 is 5.91 Å². The lowest BCUT2D eigenvalue weighted by Crippen LogP contribution is -3.14. The van der Waals surface area contributed by atoms with Gasteiger partial charge in [0.05, 0.1) is 13.2 Å². The highest BCUT2D eigenvalue weighted by Crippen LogP contribution is 2.17. The molecule has 0 bridgehead atoms. The Balaban J connectivity index is 1.48. The topological polar surface area (TPSA) is 81.7 Å². The van der Waals surface area contributed by atoms with Gasteiger partial charge in [0.25, 0.3) is 5.91 Å². The van der Waals surface area contributed by atoms with E-state index in [1.165, 1.54) is 11.3 Å². The molecule has 2 N–H and O–H groups in total. The van der Waals surface area contributed by atoms with E-state index in [1.54, 1.807) is 12.1 Å². The molecule has 144 valence electrons.